The lowest BCUT2D eigenvalue weighted by Crippen LogP contribution is -2.12. The van der Waals surface area contributed by atoms with E-state index in [0.717, 1.165) is 3.57 Å². The number of aromatic carboxylic acids is 1. The number of carboxylic acid groups (broad SMARTS) is 1. The van der Waals surface area contributed by atoms with Gasteiger partial charge in [-0.15, -0.1) is 0 Å². The molecule has 6 heteroatoms. The molecule has 1 amide bonds. The van der Waals surface area contributed by atoms with Gasteiger partial charge in [0.1, 0.15) is 0 Å². The van der Waals surface area contributed by atoms with Crippen molar-refractivity contribution in [2.75, 3.05) is 5.32 Å². The normalized spacial score (nSPS) is 10.1. The summed E-state index contributed by atoms with van der Waals surface area (Å²) in [5, 5.41) is 11.7. The SMILES string of the molecule is O=C(Nc1ccc(Cl)c(C(=O)O)c1)c1ccc(I)cc1. The fourth-order valence-corrected chi connectivity index (χ4v) is 2.13. The van der Waals surface area contributed by atoms with Gasteiger partial charge in [0, 0.05) is 14.8 Å². The zero-order valence-electron chi connectivity index (χ0n) is 10.1. The first-order valence-corrected chi connectivity index (χ1v) is 7.03. The van der Waals surface area contributed by atoms with Crippen LogP contribution in [-0.4, -0.2) is 17.0 Å². The molecule has 4 nitrogen and oxygen atoms in total. The largest absolute Gasteiger partial charge is 0.478 e. The maximum atomic E-state index is 12.0. The molecule has 0 aliphatic heterocycles. The molecule has 0 saturated carbocycles. The molecular weight excluding hydrogens is 393 g/mol. The van der Waals surface area contributed by atoms with Crippen LogP contribution in [0, 0.1) is 3.57 Å². The van der Waals surface area contributed by atoms with Crippen molar-refractivity contribution in [3.63, 3.8) is 0 Å². The van der Waals surface area contributed by atoms with Crippen LogP contribution in [0.5, 0.6) is 0 Å². The number of halogens is 2. The summed E-state index contributed by atoms with van der Waals surface area (Å²) in [5.74, 6) is -1.44. The van der Waals surface area contributed by atoms with Crippen molar-refractivity contribution in [3.05, 3.63) is 62.2 Å². The van der Waals surface area contributed by atoms with Gasteiger partial charge in [0.15, 0.2) is 0 Å². The highest BCUT2D eigenvalue weighted by Gasteiger charge is 2.11. The minimum atomic E-state index is -1.14. The van der Waals surface area contributed by atoms with E-state index in [1.54, 1.807) is 18.2 Å². The summed E-state index contributed by atoms with van der Waals surface area (Å²) >= 11 is 7.91. The van der Waals surface area contributed by atoms with Gasteiger partial charge >= 0.3 is 5.97 Å². The predicted molar refractivity (Wildman–Crippen MR) is 85.5 cm³/mol. The second-order valence-corrected chi connectivity index (χ2v) is 5.61. The number of anilines is 1. The van der Waals surface area contributed by atoms with Crippen LogP contribution in [0.2, 0.25) is 5.02 Å². The van der Waals surface area contributed by atoms with E-state index in [9.17, 15) is 9.59 Å². The Morgan fingerprint density at radius 1 is 1.10 bits per heavy atom. The third-order valence-electron chi connectivity index (χ3n) is 2.56. The number of carbonyl (C=O) groups excluding carboxylic acids is 1. The molecule has 0 fully saturated rings. The standard InChI is InChI=1S/C14H9ClINO3/c15-12-6-5-10(7-11(12)14(19)20)17-13(18)8-1-3-9(16)4-2-8/h1-7H,(H,17,18)(H,19,20). The number of amides is 1. The Labute approximate surface area is 133 Å². The van der Waals surface area contributed by atoms with Gasteiger partial charge in [-0.25, -0.2) is 4.79 Å². The third kappa shape index (κ3) is 3.49. The molecule has 0 saturated heterocycles. The molecule has 20 heavy (non-hydrogen) atoms. The predicted octanol–water partition coefficient (Wildman–Crippen LogP) is 3.90. The van der Waals surface area contributed by atoms with Gasteiger partial charge in [-0.2, -0.15) is 0 Å². The topological polar surface area (TPSA) is 66.4 Å². The second-order valence-electron chi connectivity index (χ2n) is 3.96. The van der Waals surface area contributed by atoms with Crippen molar-refractivity contribution in [2.24, 2.45) is 0 Å². The Morgan fingerprint density at radius 3 is 2.35 bits per heavy atom. The summed E-state index contributed by atoms with van der Waals surface area (Å²) in [6.45, 7) is 0. The molecule has 0 bridgehead atoms. The number of hydrogen-bond donors (Lipinski definition) is 2. The highest BCUT2D eigenvalue weighted by atomic mass is 127. The van der Waals surface area contributed by atoms with Gasteiger partial charge in [0.25, 0.3) is 5.91 Å². The number of hydrogen-bond acceptors (Lipinski definition) is 2. The molecule has 0 unspecified atom stereocenters. The minimum absolute atomic E-state index is 0.0490. The van der Waals surface area contributed by atoms with Crippen molar-refractivity contribution < 1.29 is 14.7 Å². The monoisotopic (exact) mass is 401 g/mol. The summed E-state index contributed by atoms with van der Waals surface area (Å²) in [4.78, 5) is 23.0. The van der Waals surface area contributed by atoms with E-state index in [1.165, 1.54) is 12.1 Å². The fraction of sp³-hybridized carbons (Fsp3) is 0. The lowest BCUT2D eigenvalue weighted by atomic mass is 10.1. The summed E-state index contributed by atoms with van der Waals surface area (Å²) in [6.07, 6.45) is 0. The Hall–Kier alpha value is -1.60. The summed E-state index contributed by atoms with van der Waals surface area (Å²) in [6, 6.07) is 11.4. The van der Waals surface area contributed by atoms with Gasteiger partial charge < -0.3 is 10.4 Å². The maximum Gasteiger partial charge on any atom is 0.337 e. The Kier molecular flexibility index (Phi) is 4.61. The van der Waals surface area contributed by atoms with E-state index >= 15 is 0 Å². The van der Waals surface area contributed by atoms with Gasteiger partial charge in [-0.1, -0.05) is 11.6 Å². The summed E-state index contributed by atoms with van der Waals surface area (Å²) < 4.78 is 1.03. The van der Waals surface area contributed by atoms with Gasteiger partial charge in [-0.3, -0.25) is 4.79 Å². The molecule has 0 heterocycles. The molecule has 2 aromatic carbocycles. The first-order valence-electron chi connectivity index (χ1n) is 5.57. The quantitative estimate of drug-likeness (QED) is 0.767. The van der Waals surface area contributed by atoms with Crippen LogP contribution >= 0.6 is 34.2 Å². The number of rotatable bonds is 3. The van der Waals surface area contributed by atoms with Crippen molar-refractivity contribution in [1.29, 1.82) is 0 Å². The summed E-state index contributed by atoms with van der Waals surface area (Å²) in [7, 11) is 0. The van der Waals surface area contributed by atoms with Crippen molar-refractivity contribution in [2.45, 2.75) is 0 Å². The van der Waals surface area contributed by atoms with Crippen molar-refractivity contribution >= 4 is 51.8 Å². The van der Waals surface area contributed by atoms with Gasteiger partial charge in [-0.05, 0) is 65.1 Å². The molecule has 0 aromatic heterocycles. The average Bonchev–Trinajstić information content (AvgIpc) is 2.41. The average molecular weight is 402 g/mol. The molecule has 2 aromatic rings. The Morgan fingerprint density at radius 2 is 1.75 bits per heavy atom. The van der Waals surface area contributed by atoms with Crippen LogP contribution in [0.1, 0.15) is 20.7 Å². The maximum absolute atomic E-state index is 12.0. The van der Waals surface area contributed by atoms with Crippen LogP contribution in [0.15, 0.2) is 42.5 Å². The Bertz CT molecular complexity index is 671. The lowest BCUT2D eigenvalue weighted by Gasteiger charge is -2.07. The molecule has 102 valence electrons. The number of carbonyl (C=O) groups is 2. The van der Waals surface area contributed by atoms with Gasteiger partial charge in [0.05, 0.1) is 10.6 Å². The second kappa shape index (κ2) is 6.23. The first-order chi connectivity index (χ1) is 9.47. The van der Waals surface area contributed by atoms with E-state index in [4.69, 9.17) is 16.7 Å². The molecule has 0 spiro atoms. The van der Waals surface area contributed by atoms with Crippen LogP contribution in [0.25, 0.3) is 0 Å². The number of nitrogens with one attached hydrogen (secondary N) is 1. The number of benzene rings is 2. The molecule has 0 atom stereocenters. The molecule has 0 radical (unpaired) electrons. The highest BCUT2D eigenvalue weighted by Crippen LogP contribution is 2.21. The van der Waals surface area contributed by atoms with Crippen molar-refractivity contribution in [3.8, 4) is 0 Å². The van der Waals surface area contributed by atoms with Crippen LogP contribution in [0.4, 0.5) is 5.69 Å². The molecule has 0 aliphatic rings. The zero-order chi connectivity index (χ0) is 14.7. The van der Waals surface area contributed by atoms with Gasteiger partial charge in [0.2, 0.25) is 0 Å². The van der Waals surface area contributed by atoms with E-state index < -0.39 is 5.97 Å². The molecule has 0 aliphatic carbocycles. The van der Waals surface area contributed by atoms with Crippen LogP contribution in [0.3, 0.4) is 0 Å². The lowest BCUT2D eigenvalue weighted by molar-refractivity contribution is 0.0696. The third-order valence-corrected chi connectivity index (χ3v) is 3.61. The van der Waals surface area contributed by atoms with Crippen LogP contribution < -0.4 is 5.32 Å². The smallest absolute Gasteiger partial charge is 0.337 e. The fourth-order valence-electron chi connectivity index (χ4n) is 1.57. The van der Waals surface area contributed by atoms with E-state index in [1.807, 2.05) is 12.1 Å². The minimum Gasteiger partial charge on any atom is -0.478 e. The molecule has 2 rings (SSSR count). The molecular formula is C14H9ClINO3. The number of carboxylic acids is 1. The van der Waals surface area contributed by atoms with Crippen molar-refractivity contribution in [1.82, 2.24) is 0 Å². The zero-order valence-corrected chi connectivity index (χ0v) is 13.0. The van der Waals surface area contributed by atoms with Crippen LogP contribution in [-0.2, 0) is 0 Å². The first kappa shape index (κ1) is 14.8. The van der Waals surface area contributed by atoms with E-state index in [2.05, 4.69) is 27.9 Å². The van der Waals surface area contributed by atoms with E-state index in [0.29, 0.717) is 11.3 Å². The summed E-state index contributed by atoms with van der Waals surface area (Å²) in [5.41, 5.74) is 0.833. The molecule has 2 N–H and O–H groups in total. The highest BCUT2D eigenvalue weighted by molar-refractivity contribution is 14.1. The Balaban J connectivity index is 2.21. The van der Waals surface area contributed by atoms with E-state index in [-0.39, 0.29) is 16.5 Å².